The van der Waals surface area contributed by atoms with Gasteiger partial charge in [0.05, 0.1) is 11.9 Å². The summed E-state index contributed by atoms with van der Waals surface area (Å²) in [5.41, 5.74) is 1.17. The first-order valence-electron chi connectivity index (χ1n) is 8.21. The molecule has 1 N–H and O–H groups in total. The van der Waals surface area contributed by atoms with Gasteiger partial charge in [-0.2, -0.15) is 5.10 Å². The van der Waals surface area contributed by atoms with E-state index in [9.17, 15) is 9.59 Å². The minimum absolute atomic E-state index is 0.00409. The van der Waals surface area contributed by atoms with Crippen LogP contribution in [0.25, 0.3) is 0 Å². The summed E-state index contributed by atoms with van der Waals surface area (Å²) in [5.74, 6) is -0.156. The third-order valence-electron chi connectivity index (χ3n) is 4.26. The summed E-state index contributed by atoms with van der Waals surface area (Å²) < 4.78 is 1.77. The van der Waals surface area contributed by atoms with Crippen LogP contribution in [0.1, 0.15) is 30.3 Å². The van der Waals surface area contributed by atoms with Crippen molar-refractivity contribution < 1.29 is 9.59 Å². The molecule has 2 amide bonds. The van der Waals surface area contributed by atoms with E-state index >= 15 is 0 Å². The van der Waals surface area contributed by atoms with Crippen LogP contribution in [-0.4, -0.2) is 44.6 Å². The highest BCUT2D eigenvalue weighted by atomic mass is 16.2. The predicted octanol–water partition coefficient (Wildman–Crippen LogP) is 1.79. The van der Waals surface area contributed by atoms with E-state index in [0.717, 1.165) is 6.54 Å². The van der Waals surface area contributed by atoms with Gasteiger partial charge in [-0.25, -0.2) is 0 Å². The van der Waals surface area contributed by atoms with Gasteiger partial charge in [0.2, 0.25) is 5.91 Å². The number of aryl methyl sites for hydroxylation is 1. The summed E-state index contributed by atoms with van der Waals surface area (Å²) >= 11 is 0. The first-order valence-corrected chi connectivity index (χ1v) is 8.21. The van der Waals surface area contributed by atoms with Crippen molar-refractivity contribution in [2.45, 2.75) is 26.3 Å². The van der Waals surface area contributed by atoms with Crippen LogP contribution in [0.3, 0.4) is 0 Å². The zero-order valence-electron chi connectivity index (χ0n) is 13.7. The topological polar surface area (TPSA) is 80.1 Å². The number of rotatable bonds is 4. The maximum absolute atomic E-state index is 12.4. The highest BCUT2D eigenvalue weighted by Crippen LogP contribution is 2.20. The lowest BCUT2D eigenvalue weighted by atomic mass is 9.95. The lowest BCUT2D eigenvalue weighted by Gasteiger charge is -2.31. The number of aromatic nitrogens is 3. The molecular formula is C17H21N5O2. The van der Waals surface area contributed by atoms with Gasteiger partial charge in [0, 0.05) is 37.9 Å². The van der Waals surface area contributed by atoms with Crippen molar-refractivity contribution in [3.8, 4) is 0 Å². The Bertz CT molecular complexity index is 705. The molecule has 0 saturated carbocycles. The fourth-order valence-electron chi connectivity index (χ4n) is 2.84. The highest BCUT2D eigenvalue weighted by molar-refractivity contribution is 5.94. The second-order valence-electron chi connectivity index (χ2n) is 5.86. The van der Waals surface area contributed by atoms with Gasteiger partial charge < -0.3 is 10.2 Å². The Morgan fingerprint density at radius 2 is 2.08 bits per heavy atom. The number of anilines is 1. The molecule has 7 nitrogen and oxygen atoms in total. The zero-order chi connectivity index (χ0) is 16.9. The summed E-state index contributed by atoms with van der Waals surface area (Å²) in [4.78, 5) is 30.6. The summed E-state index contributed by atoms with van der Waals surface area (Å²) in [7, 11) is 0. The molecule has 1 fully saturated rings. The van der Waals surface area contributed by atoms with Gasteiger partial charge >= 0.3 is 0 Å². The first-order chi connectivity index (χ1) is 11.7. The van der Waals surface area contributed by atoms with Crippen LogP contribution in [0.15, 0.2) is 36.8 Å². The normalized spacial score (nSPS) is 15.3. The van der Waals surface area contributed by atoms with Gasteiger partial charge in [-0.3, -0.25) is 19.3 Å². The molecule has 0 aliphatic carbocycles. The van der Waals surface area contributed by atoms with Gasteiger partial charge in [0.15, 0.2) is 0 Å². The van der Waals surface area contributed by atoms with E-state index < -0.39 is 0 Å². The van der Waals surface area contributed by atoms with E-state index in [-0.39, 0.29) is 17.7 Å². The average Bonchev–Trinajstić information content (AvgIpc) is 3.09. The predicted molar refractivity (Wildman–Crippen MR) is 89.4 cm³/mol. The third-order valence-corrected chi connectivity index (χ3v) is 4.26. The average molecular weight is 327 g/mol. The van der Waals surface area contributed by atoms with Crippen molar-refractivity contribution in [1.29, 1.82) is 0 Å². The Morgan fingerprint density at radius 1 is 1.29 bits per heavy atom. The summed E-state index contributed by atoms with van der Waals surface area (Å²) in [6, 6.07) is 5.30. The minimum atomic E-state index is -0.0808. The van der Waals surface area contributed by atoms with Crippen LogP contribution in [0.5, 0.6) is 0 Å². The molecule has 126 valence electrons. The molecule has 7 heteroatoms. The van der Waals surface area contributed by atoms with Crippen molar-refractivity contribution in [1.82, 2.24) is 19.7 Å². The summed E-state index contributed by atoms with van der Waals surface area (Å²) in [6.07, 6.45) is 6.40. The number of pyridine rings is 1. The van der Waals surface area contributed by atoms with Crippen molar-refractivity contribution >= 4 is 17.5 Å². The molecule has 0 bridgehead atoms. The number of nitrogens with zero attached hydrogens (tertiary/aromatic N) is 4. The van der Waals surface area contributed by atoms with Crippen LogP contribution in [0.4, 0.5) is 5.69 Å². The van der Waals surface area contributed by atoms with E-state index in [1.165, 1.54) is 0 Å². The highest BCUT2D eigenvalue weighted by Gasteiger charge is 2.28. The SMILES string of the molecule is CCn1cc(NC(=O)C2CCN(C(=O)c3ccccn3)CC2)cn1. The van der Waals surface area contributed by atoms with Crippen molar-refractivity contribution in [3.63, 3.8) is 0 Å². The van der Waals surface area contributed by atoms with E-state index in [4.69, 9.17) is 0 Å². The Balaban J connectivity index is 1.53. The number of hydrogen-bond donors (Lipinski definition) is 1. The van der Waals surface area contributed by atoms with Crippen LogP contribution in [-0.2, 0) is 11.3 Å². The number of carbonyl (C=O) groups excluding carboxylic acids is 2. The molecule has 3 rings (SSSR count). The van der Waals surface area contributed by atoms with E-state index in [1.807, 2.05) is 13.1 Å². The minimum Gasteiger partial charge on any atom is -0.337 e. The molecular weight excluding hydrogens is 306 g/mol. The Hall–Kier alpha value is -2.70. The fourth-order valence-corrected chi connectivity index (χ4v) is 2.84. The van der Waals surface area contributed by atoms with Crippen molar-refractivity contribution in [2.24, 2.45) is 5.92 Å². The molecule has 24 heavy (non-hydrogen) atoms. The lowest BCUT2D eigenvalue weighted by Crippen LogP contribution is -2.41. The molecule has 1 aliphatic rings. The Labute approximate surface area is 140 Å². The summed E-state index contributed by atoms with van der Waals surface area (Å²) in [6.45, 7) is 3.90. The number of nitrogens with one attached hydrogen (secondary N) is 1. The molecule has 0 radical (unpaired) electrons. The smallest absolute Gasteiger partial charge is 0.272 e. The van der Waals surface area contributed by atoms with Gasteiger partial charge in [-0.05, 0) is 31.9 Å². The molecule has 2 aromatic rings. The zero-order valence-corrected chi connectivity index (χ0v) is 13.7. The molecule has 1 saturated heterocycles. The number of carbonyl (C=O) groups is 2. The summed E-state index contributed by atoms with van der Waals surface area (Å²) in [5, 5.41) is 7.05. The van der Waals surface area contributed by atoms with E-state index in [1.54, 1.807) is 40.2 Å². The molecule has 0 atom stereocenters. The Morgan fingerprint density at radius 3 is 2.71 bits per heavy atom. The van der Waals surface area contributed by atoms with Gasteiger partial charge in [0.25, 0.3) is 5.91 Å². The molecule has 0 aromatic carbocycles. The molecule has 0 unspecified atom stereocenters. The standard InChI is InChI=1S/C17H21N5O2/c1-2-22-12-14(11-19-22)20-16(23)13-6-9-21(10-7-13)17(24)15-5-3-4-8-18-15/h3-5,8,11-13H,2,6-7,9-10H2,1H3,(H,20,23). The molecule has 3 heterocycles. The molecule has 2 aromatic heterocycles. The first kappa shape index (κ1) is 16.2. The van der Waals surface area contributed by atoms with Gasteiger partial charge in [-0.15, -0.1) is 0 Å². The van der Waals surface area contributed by atoms with Gasteiger partial charge in [0.1, 0.15) is 5.69 Å². The maximum atomic E-state index is 12.4. The number of amides is 2. The number of piperidine rings is 1. The second kappa shape index (κ2) is 7.25. The molecule has 0 spiro atoms. The monoisotopic (exact) mass is 327 g/mol. The lowest BCUT2D eigenvalue weighted by molar-refractivity contribution is -0.121. The van der Waals surface area contributed by atoms with Crippen molar-refractivity contribution in [3.05, 3.63) is 42.5 Å². The second-order valence-corrected chi connectivity index (χ2v) is 5.86. The van der Waals surface area contributed by atoms with E-state index in [0.29, 0.717) is 37.3 Å². The Kier molecular flexibility index (Phi) is 4.88. The third kappa shape index (κ3) is 3.61. The molecule has 1 aliphatic heterocycles. The van der Waals surface area contributed by atoms with Crippen LogP contribution >= 0.6 is 0 Å². The van der Waals surface area contributed by atoms with Crippen LogP contribution in [0.2, 0.25) is 0 Å². The van der Waals surface area contributed by atoms with E-state index in [2.05, 4.69) is 15.4 Å². The largest absolute Gasteiger partial charge is 0.337 e. The van der Waals surface area contributed by atoms with Crippen LogP contribution < -0.4 is 5.32 Å². The quantitative estimate of drug-likeness (QED) is 0.928. The number of hydrogen-bond acceptors (Lipinski definition) is 4. The fraction of sp³-hybridized carbons (Fsp3) is 0.412. The number of likely N-dealkylation sites (tertiary alicyclic amines) is 1. The van der Waals surface area contributed by atoms with Crippen LogP contribution in [0, 0.1) is 5.92 Å². The van der Waals surface area contributed by atoms with Gasteiger partial charge in [-0.1, -0.05) is 6.07 Å². The maximum Gasteiger partial charge on any atom is 0.272 e. The van der Waals surface area contributed by atoms with Crippen molar-refractivity contribution in [2.75, 3.05) is 18.4 Å².